The second-order valence-corrected chi connectivity index (χ2v) is 4.86. The van der Waals surface area contributed by atoms with Crippen LogP contribution in [0, 0.1) is 5.92 Å². The highest BCUT2D eigenvalue weighted by molar-refractivity contribution is 5.94. The van der Waals surface area contributed by atoms with Gasteiger partial charge in [0.15, 0.2) is 0 Å². The van der Waals surface area contributed by atoms with Crippen molar-refractivity contribution >= 4 is 5.91 Å². The van der Waals surface area contributed by atoms with Crippen LogP contribution in [0.4, 0.5) is 0 Å². The maximum absolute atomic E-state index is 12.3. The van der Waals surface area contributed by atoms with E-state index in [4.69, 9.17) is 0 Å². The van der Waals surface area contributed by atoms with Crippen LogP contribution in [-0.2, 0) is 0 Å². The van der Waals surface area contributed by atoms with Gasteiger partial charge in [-0.2, -0.15) is 0 Å². The molecule has 0 spiro atoms. The number of carbonyl (C=O) groups excluding carboxylic acids is 1. The van der Waals surface area contributed by atoms with E-state index in [1.165, 1.54) is 6.42 Å². The highest BCUT2D eigenvalue weighted by Gasteiger charge is 2.27. The summed E-state index contributed by atoms with van der Waals surface area (Å²) in [5, 5.41) is 0. The Morgan fingerprint density at radius 1 is 1.19 bits per heavy atom. The van der Waals surface area contributed by atoms with Gasteiger partial charge in [0, 0.05) is 18.2 Å². The first-order valence-corrected chi connectivity index (χ1v) is 6.04. The fourth-order valence-electron chi connectivity index (χ4n) is 2.32. The smallest absolute Gasteiger partial charge is 0.254 e. The standard InChI is InChI=1S/C14H19NO/c1-11-8-9-12(2)15(10-11)14(16)13-6-4-3-5-7-13/h3-7,11-12H,8-10H2,1-2H3. The van der Waals surface area contributed by atoms with Gasteiger partial charge in [-0.25, -0.2) is 0 Å². The van der Waals surface area contributed by atoms with E-state index >= 15 is 0 Å². The van der Waals surface area contributed by atoms with Crippen LogP contribution >= 0.6 is 0 Å². The van der Waals surface area contributed by atoms with Gasteiger partial charge in [-0.3, -0.25) is 4.79 Å². The molecule has 16 heavy (non-hydrogen) atoms. The van der Waals surface area contributed by atoms with Crippen molar-refractivity contribution in [1.29, 1.82) is 0 Å². The van der Waals surface area contributed by atoms with Crippen molar-refractivity contribution in [2.75, 3.05) is 6.54 Å². The van der Waals surface area contributed by atoms with Crippen molar-refractivity contribution in [1.82, 2.24) is 4.90 Å². The van der Waals surface area contributed by atoms with Crippen LogP contribution in [-0.4, -0.2) is 23.4 Å². The van der Waals surface area contributed by atoms with E-state index in [1.807, 2.05) is 35.2 Å². The summed E-state index contributed by atoms with van der Waals surface area (Å²) in [7, 11) is 0. The molecule has 2 nitrogen and oxygen atoms in total. The largest absolute Gasteiger partial charge is 0.336 e. The lowest BCUT2D eigenvalue weighted by Crippen LogP contribution is -2.44. The quantitative estimate of drug-likeness (QED) is 0.708. The zero-order chi connectivity index (χ0) is 11.5. The predicted octanol–water partition coefficient (Wildman–Crippen LogP) is 2.95. The van der Waals surface area contributed by atoms with Crippen molar-refractivity contribution in [3.8, 4) is 0 Å². The molecular weight excluding hydrogens is 198 g/mol. The molecule has 0 radical (unpaired) electrons. The van der Waals surface area contributed by atoms with E-state index in [0.29, 0.717) is 12.0 Å². The van der Waals surface area contributed by atoms with Crippen molar-refractivity contribution < 1.29 is 4.79 Å². The molecule has 1 aromatic carbocycles. The molecule has 0 aromatic heterocycles. The van der Waals surface area contributed by atoms with Crippen LogP contribution in [0.15, 0.2) is 30.3 Å². The Morgan fingerprint density at radius 3 is 2.56 bits per heavy atom. The normalized spacial score (nSPS) is 25.5. The Balaban J connectivity index is 2.15. The zero-order valence-electron chi connectivity index (χ0n) is 10.0. The zero-order valence-corrected chi connectivity index (χ0v) is 10.0. The fraction of sp³-hybridized carbons (Fsp3) is 0.500. The first-order chi connectivity index (χ1) is 7.68. The van der Waals surface area contributed by atoms with Gasteiger partial charge in [0.1, 0.15) is 0 Å². The minimum atomic E-state index is 0.180. The molecule has 1 aliphatic heterocycles. The highest BCUT2D eigenvalue weighted by Crippen LogP contribution is 2.23. The first kappa shape index (κ1) is 11.2. The van der Waals surface area contributed by atoms with Crippen LogP contribution in [0.1, 0.15) is 37.0 Å². The number of benzene rings is 1. The predicted molar refractivity (Wildman–Crippen MR) is 65.3 cm³/mol. The first-order valence-electron chi connectivity index (χ1n) is 6.04. The SMILES string of the molecule is CC1CCC(C)N(C(=O)c2ccccc2)C1. The fourth-order valence-corrected chi connectivity index (χ4v) is 2.32. The lowest BCUT2D eigenvalue weighted by molar-refractivity contribution is 0.0574. The molecule has 0 aliphatic carbocycles. The number of amides is 1. The summed E-state index contributed by atoms with van der Waals surface area (Å²) in [6.07, 6.45) is 2.36. The lowest BCUT2D eigenvalue weighted by Gasteiger charge is -2.36. The van der Waals surface area contributed by atoms with Crippen molar-refractivity contribution in [2.24, 2.45) is 5.92 Å². The third-order valence-corrected chi connectivity index (χ3v) is 3.40. The number of likely N-dealkylation sites (tertiary alicyclic amines) is 1. The number of nitrogens with zero attached hydrogens (tertiary/aromatic N) is 1. The van der Waals surface area contributed by atoms with Crippen molar-refractivity contribution in [2.45, 2.75) is 32.7 Å². The summed E-state index contributed by atoms with van der Waals surface area (Å²) in [5.74, 6) is 0.809. The van der Waals surface area contributed by atoms with Crippen LogP contribution < -0.4 is 0 Å². The second-order valence-electron chi connectivity index (χ2n) is 4.86. The molecule has 0 N–H and O–H groups in total. The van der Waals surface area contributed by atoms with E-state index < -0.39 is 0 Å². The van der Waals surface area contributed by atoms with Crippen LogP contribution in [0.3, 0.4) is 0 Å². The van der Waals surface area contributed by atoms with Crippen LogP contribution in [0.5, 0.6) is 0 Å². The summed E-state index contributed by atoms with van der Waals surface area (Å²) in [6.45, 7) is 5.26. The van der Waals surface area contributed by atoms with Gasteiger partial charge < -0.3 is 4.90 Å². The Labute approximate surface area is 97.3 Å². The summed E-state index contributed by atoms with van der Waals surface area (Å²) in [4.78, 5) is 14.3. The molecule has 2 heteroatoms. The van der Waals surface area contributed by atoms with E-state index in [-0.39, 0.29) is 5.91 Å². The number of carbonyl (C=O) groups is 1. The van der Waals surface area contributed by atoms with E-state index in [9.17, 15) is 4.79 Å². The molecular formula is C14H19NO. The lowest BCUT2D eigenvalue weighted by atomic mass is 9.94. The number of hydrogen-bond acceptors (Lipinski definition) is 1. The molecule has 2 unspecified atom stereocenters. The molecule has 0 saturated carbocycles. The summed E-state index contributed by atoms with van der Waals surface area (Å²) in [6, 6.07) is 9.96. The topological polar surface area (TPSA) is 20.3 Å². The van der Waals surface area contributed by atoms with Gasteiger partial charge in [0.25, 0.3) is 5.91 Å². The minimum Gasteiger partial charge on any atom is -0.336 e. The van der Waals surface area contributed by atoms with E-state index in [1.54, 1.807) is 0 Å². The molecule has 1 aliphatic rings. The molecule has 1 fully saturated rings. The van der Waals surface area contributed by atoms with Crippen LogP contribution in [0.2, 0.25) is 0 Å². The Bertz CT molecular complexity index is 360. The third kappa shape index (κ3) is 2.26. The van der Waals surface area contributed by atoms with Crippen molar-refractivity contribution in [3.05, 3.63) is 35.9 Å². The third-order valence-electron chi connectivity index (χ3n) is 3.40. The Hall–Kier alpha value is -1.31. The summed E-state index contributed by atoms with van der Waals surface area (Å²) < 4.78 is 0. The maximum Gasteiger partial charge on any atom is 0.254 e. The molecule has 86 valence electrons. The monoisotopic (exact) mass is 217 g/mol. The second kappa shape index (κ2) is 4.69. The number of hydrogen-bond donors (Lipinski definition) is 0. The van der Waals surface area contributed by atoms with Gasteiger partial charge >= 0.3 is 0 Å². The molecule has 1 saturated heterocycles. The molecule has 2 rings (SSSR count). The maximum atomic E-state index is 12.3. The molecule has 1 aromatic rings. The van der Waals surface area contributed by atoms with Crippen molar-refractivity contribution in [3.63, 3.8) is 0 Å². The molecule has 1 heterocycles. The number of rotatable bonds is 1. The van der Waals surface area contributed by atoms with Gasteiger partial charge in [-0.1, -0.05) is 25.1 Å². The van der Waals surface area contributed by atoms with Gasteiger partial charge in [0.2, 0.25) is 0 Å². The highest BCUT2D eigenvalue weighted by atomic mass is 16.2. The minimum absolute atomic E-state index is 0.180. The molecule has 0 bridgehead atoms. The molecule has 1 amide bonds. The Morgan fingerprint density at radius 2 is 1.88 bits per heavy atom. The number of piperidine rings is 1. The Kier molecular flexibility index (Phi) is 3.28. The summed E-state index contributed by atoms with van der Waals surface area (Å²) >= 11 is 0. The molecule has 2 atom stereocenters. The average Bonchev–Trinajstić information content (AvgIpc) is 2.32. The summed E-state index contributed by atoms with van der Waals surface area (Å²) in [5.41, 5.74) is 0.809. The van der Waals surface area contributed by atoms with Crippen LogP contribution in [0.25, 0.3) is 0 Å². The van der Waals surface area contributed by atoms with Gasteiger partial charge in [0.05, 0.1) is 0 Å². The van der Waals surface area contributed by atoms with Gasteiger partial charge in [-0.05, 0) is 37.8 Å². The average molecular weight is 217 g/mol. The van der Waals surface area contributed by atoms with Gasteiger partial charge in [-0.15, -0.1) is 0 Å². The van der Waals surface area contributed by atoms with E-state index in [0.717, 1.165) is 18.5 Å². The van der Waals surface area contributed by atoms with E-state index in [2.05, 4.69) is 13.8 Å².